The van der Waals surface area contributed by atoms with E-state index in [2.05, 4.69) is 9.97 Å². The van der Waals surface area contributed by atoms with Gasteiger partial charge < -0.3 is 19.8 Å². The van der Waals surface area contributed by atoms with Gasteiger partial charge in [-0.2, -0.15) is 0 Å². The Labute approximate surface area is 172 Å². The summed E-state index contributed by atoms with van der Waals surface area (Å²) in [5.41, 5.74) is 1.75. The molecule has 0 unspecified atom stereocenters. The van der Waals surface area contributed by atoms with Crippen molar-refractivity contribution >= 4 is 11.9 Å². The number of hydrogen-bond acceptors (Lipinski definition) is 6. The van der Waals surface area contributed by atoms with Gasteiger partial charge in [0.25, 0.3) is 0 Å². The number of nitrogens with zero attached hydrogens (tertiary/aromatic N) is 2. The molecule has 7 heteroatoms. The first-order chi connectivity index (χ1) is 11.8. The maximum Gasteiger partial charge on any atom is 2.00 e. The molecule has 140 valence electrons. The molecule has 0 fully saturated rings. The van der Waals surface area contributed by atoms with Gasteiger partial charge in [-0.3, -0.25) is 9.97 Å². The number of rotatable bonds is 2. The second kappa shape index (κ2) is 9.70. The predicted octanol–water partition coefficient (Wildman–Crippen LogP) is 1.48. The Morgan fingerprint density at radius 1 is 0.741 bits per heavy atom. The summed E-state index contributed by atoms with van der Waals surface area (Å²) < 4.78 is 0. The van der Waals surface area contributed by atoms with Gasteiger partial charge in [0.15, 0.2) is 0 Å². The van der Waals surface area contributed by atoms with E-state index in [0.717, 1.165) is 11.1 Å². The average molecular weight is 422 g/mol. The zero-order valence-electron chi connectivity index (χ0n) is 16.7. The molecule has 0 saturated carbocycles. The molecule has 6 nitrogen and oxygen atoms in total. The van der Waals surface area contributed by atoms with Crippen LogP contribution in [-0.2, 0) is 30.3 Å². The van der Waals surface area contributed by atoms with Crippen molar-refractivity contribution in [2.24, 2.45) is 0 Å². The molecule has 2 heterocycles. The first-order valence-electron chi connectivity index (χ1n) is 8.18. The van der Waals surface area contributed by atoms with Gasteiger partial charge in [0.2, 0.25) is 0 Å². The van der Waals surface area contributed by atoms with Gasteiger partial charge >= 0.3 is 19.5 Å². The maximum absolute atomic E-state index is 10.5. The zero-order chi connectivity index (χ0) is 20.1. The van der Waals surface area contributed by atoms with Crippen molar-refractivity contribution in [3.05, 3.63) is 59.2 Å². The molecule has 0 aliphatic carbocycles. The van der Waals surface area contributed by atoms with Crippen LogP contribution in [0.1, 0.15) is 73.6 Å². The molecular formula is C20H24N2O4Zn. The Morgan fingerprint density at radius 3 is 1.26 bits per heavy atom. The van der Waals surface area contributed by atoms with E-state index in [-0.39, 0.29) is 41.7 Å². The minimum Gasteiger partial charge on any atom is -0.543 e. The van der Waals surface area contributed by atoms with Crippen LogP contribution < -0.4 is 10.2 Å². The average Bonchev–Trinajstić information content (AvgIpc) is 2.54. The summed E-state index contributed by atoms with van der Waals surface area (Å²) in [5.74, 6) is -2.46. The maximum atomic E-state index is 10.5. The van der Waals surface area contributed by atoms with Crippen molar-refractivity contribution in [1.29, 1.82) is 0 Å². The Morgan fingerprint density at radius 2 is 1.04 bits per heavy atom. The van der Waals surface area contributed by atoms with Crippen LogP contribution in [0, 0.1) is 0 Å². The van der Waals surface area contributed by atoms with Gasteiger partial charge in [-0.05, 0) is 46.2 Å². The van der Waals surface area contributed by atoms with Crippen LogP contribution in [0.15, 0.2) is 36.7 Å². The quantitative estimate of drug-likeness (QED) is 0.680. The number of carbonyl (C=O) groups is 2. The van der Waals surface area contributed by atoms with Gasteiger partial charge in [0.1, 0.15) is 0 Å². The van der Waals surface area contributed by atoms with Gasteiger partial charge in [-0.25, -0.2) is 0 Å². The van der Waals surface area contributed by atoms with Crippen molar-refractivity contribution in [2.75, 3.05) is 0 Å². The topological polar surface area (TPSA) is 106 Å². The summed E-state index contributed by atoms with van der Waals surface area (Å²) in [6.45, 7) is 12.1. The van der Waals surface area contributed by atoms with Crippen LogP contribution in [0.3, 0.4) is 0 Å². The fourth-order valence-electron chi connectivity index (χ4n) is 2.02. The molecule has 0 aliphatic rings. The summed E-state index contributed by atoms with van der Waals surface area (Å²) in [5, 5.41) is 21.0. The van der Waals surface area contributed by atoms with Crippen LogP contribution >= 0.6 is 0 Å². The van der Waals surface area contributed by atoms with Crippen LogP contribution in [0.2, 0.25) is 0 Å². The van der Waals surface area contributed by atoms with Gasteiger partial charge in [0.05, 0.1) is 23.3 Å². The summed E-state index contributed by atoms with van der Waals surface area (Å²) in [4.78, 5) is 28.4. The first kappa shape index (κ1) is 24.9. The largest absolute Gasteiger partial charge is 2.00 e. The molecule has 2 aromatic heterocycles. The number of pyridine rings is 2. The molecular weight excluding hydrogens is 398 g/mol. The molecule has 0 radical (unpaired) electrons. The van der Waals surface area contributed by atoms with E-state index in [0.29, 0.717) is 0 Å². The number of carboxylic acid groups (broad SMARTS) is 2. The van der Waals surface area contributed by atoms with Gasteiger partial charge in [-0.1, -0.05) is 41.5 Å². The summed E-state index contributed by atoms with van der Waals surface area (Å²) in [7, 11) is 0. The third kappa shape index (κ3) is 7.96. The molecule has 27 heavy (non-hydrogen) atoms. The van der Waals surface area contributed by atoms with E-state index in [1.807, 2.05) is 53.7 Å². The van der Waals surface area contributed by atoms with Crippen molar-refractivity contribution in [3.8, 4) is 0 Å². The summed E-state index contributed by atoms with van der Waals surface area (Å²) in [6.07, 6.45) is 2.98. The van der Waals surface area contributed by atoms with E-state index >= 15 is 0 Å². The molecule has 0 amide bonds. The van der Waals surface area contributed by atoms with E-state index in [9.17, 15) is 19.8 Å². The zero-order valence-corrected chi connectivity index (χ0v) is 19.7. The van der Waals surface area contributed by atoms with Crippen LogP contribution in [0.5, 0.6) is 0 Å². The Hall–Kier alpha value is -2.14. The fraction of sp³-hybridized carbons (Fsp3) is 0.400. The molecule has 2 aromatic rings. The van der Waals surface area contributed by atoms with E-state index in [1.165, 1.54) is 12.4 Å². The molecule has 2 rings (SSSR count). The minimum absolute atomic E-state index is 0. The monoisotopic (exact) mass is 420 g/mol. The number of aromatic nitrogens is 2. The van der Waals surface area contributed by atoms with Crippen molar-refractivity contribution in [3.63, 3.8) is 0 Å². The molecule has 0 atom stereocenters. The van der Waals surface area contributed by atoms with Crippen molar-refractivity contribution < 1.29 is 39.3 Å². The fourth-order valence-corrected chi connectivity index (χ4v) is 2.02. The second-order valence-corrected chi connectivity index (χ2v) is 7.93. The second-order valence-electron chi connectivity index (χ2n) is 7.93. The third-order valence-electron chi connectivity index (χ3n) is 3.67. The van der Waals surface area contributed by atoms with Gasteiger partial charge in [-0.15, -0.1) is 0 Å². The summed E-state index contributed by atoms with van der Waals surface area (Å²) in [6, 6.07) is 6.73. The van der Waals surface area contributed by atoms with Crippen molar-refractivity contribution in [2.45, 2.75) is 52.4 Å². The smallest absolute Gasteiger partial charge is 0.543 e. The standard InChI is InChI=1S/2C10H13NO2.Zn/c2*1-10(2,3)7-4-5-11-8(6-7)9(12)13;/h2*4-6H,1-3H3,(H,12,13);/q;;+2/p-2. The first-order valence-corrected chi connectivity index (χ1v) is 8.18. The molecule has 0 aromatic carbocycles. The van der Waals surface area contributed by atoms with E-state index in [4.69, 9.17) is 0 Å². The molecule has 0 saturated heterocycles. The Bertz CT molecular complexity index is 726. The molecule has 0 spiro atoms. The Balaban J connectivity index is 0.000000483. The van der Waals surface area contributed by atoms with Crippen LogP contribution in [0.25, 0.3) is 0 Å². The number of aromatic carboxylic acids is 2. The molecule has 0 N–H and O–H groups in total. The van der Waals surface area contributed by atoms with Gasteiger partial charge in [0, 0.05) is 12.4 Å². The normalized spacial score (nSPS) is 10.9. The van der Waals surface area contributed by atoms with E-state index < -0.39 is 11.9 Å². The Kier molecular flexibility index (Phi) is 8.93. The third-order valence-corrected chi connectivity index (χ3v) is 3.67. The number of carboxylic acids is 2. The van der Waals surface area contributed by atoms with E-state index in [1.54, 1.807) is 12.1 Å². The van der Waals surface area contributed by atoms with Crippen LogP contribution in [-0.4, -0.2) is 21.9 Å². The van der Waals surface area contributed by atoms with Crippen molar-refractivity contribution in [1.82, 2.24) is 9.97 Å². The number of carbonyl (C=O) groups excluding carboxylic acids is 2. The number of hydrogen-bond donors (Lipinski definition) is 0. The molecule has 0 aliphatic heterocycles. The summed E-state index contributed by atoms with van der Waals surface area (Å²) >= 11 is 0. The SMILES string of the molecule is CC(C)(C)c1ccnc(C(=O)[O-])c1.CC(C)(C)c1ccnc(C(=O)[O-])c1.[Zn+2]. The van der Waals surface area contributed by atoms with Crippen LogP contribution in [0.4, 0.5) is 0 Å². The predicted molar refractivity (Wildman–Crippen MR) is 94.5 cm³/mol. The molecule has 0 bridgehead atoms. The minimum atomic E-state index is -1.23.